The number of nitrogens with zero attached hydrogens (tertiary/aromatic N) is 1. The Morgan fingerprint density at radius 3 is 2.56 bits per heavy atom. The number of amides is 2. The Morgan fingerprint density at radius 1 is 1.30 bits per heavy atom. The van der Waals surface area contributed by atoms with Crippen LogP contribution in [0.1, 0.15) is 33.6 Å². The molecule has 7 nitrogen and oxygen atoms in total. The van der Waals surface area contributed by atoms with E-state index in [4.69, 9.17) is 21.1 Å². The van der Waals surface area contributed by atoms with E-state index >= 15 is 0 Å². The molecule has 0 aromatic heterocycles. The number of hydrazine groups is 1. The third-order valence-corrected chi connectivity index (χ3v) is 4.07. The van der Waals surface area contributed by atoms with Crippen LogP contribution in [0.25, 0.3) is 0 Å². The summed E-state index contributed by atoms with van der Waals surface area (Å²) in [5.41, 5.74) is 2.20. The van der Waals surface area contributed by atoms with E-state index in [1.165, 1.54) is 12.1 Å². The number of rotatable bonds is 5. The van der Waals surface area contributed by atoms with Gasteiger partial charge in [0, 0.05) is 25.2 Å². The summed E-state index contributed by atoms with van der Waals surface area (Å²) in [5, 5.41) is 4.59. The van der Waals surface area contributed by atoms with Crippen molar-refractivity contribution in [2.24, 2.45) is 0 Å². The molecule has 0 radical (unpaired) electrons. The lowest BCUT2D eigenvalue weighted by molar-refractivity contribution is -0.128. The minimum Gasteiger partial charge on any atom is -0.484 e. The molecule has 0 saturated carbocycles. The summed E-state index contributed by atoms with van der Waals surface area (Å²) in [6.45, 7) is 6.36. The number of nitrogens with one attached hydrogen (secondary N) is 2. The zero-order valence-electron chi connectivity index (χ0n) is 15.7. The number of carbonyl (C=O) groups excluding carboxylic acids is 2. The maximum Gasteiger partial charge on any atom is 0.407 e. The Morgan fingerprint density at radius 2 is 1.96 bits per heavy atom. The second-order valence-electron chi connectivity index (χ2n) is 7.31. The highest BCUT2D eigenvalue weighted by Crippen LogP contribution is 2.20. The lowest BCUT2D eigenvalue weighted by atomic mass is 10.1. The number of carbonyl (C=O) groups is 2. The first kappa shape index (κ1) is 21.2. The fourth-order valence-corrected chi connectivity index (χ4v) is 2.65. The summed E-state index contributed by atoms with van der Waals surface area (Å²) < 4.78 is 23.8. The number of halogens is 2. The van der Waals surface area contributed by atoms with Gasteiger partial charge in [-0.1, -0.05) is 11.6 Å². The van der Waals surface area contributed by atoms with Gasteiger partial charge in [-0.2, -0.15) is 0 Å². The predicted octanol–water partition coefficient (Wildman–Crippen LogP) is 2.88. The Kier molecular flexibility index (Phi) is 7.26. The Balaban J connectivity index is 1.68. The van der Waals surface area contributed by atoms with Crippen molar-refractivity contribution in [3.05, 3.63) is 29.0 Å². The number of ether oxygens (including phenoxy) is 2. The van der Waals surface area contributed by atoms with Gasteiger partial charge in [0.05, 0.1) is 5.02 Å². The van der Waals surface area contributed by atoms with Gasteiger partial charge in [0.25, 0.3) is 5.91 Å². The van der Waals surface area contributed by atoms with E-state index in [0.717, 1.165) is 6.07 Å². The van der Waals surface area contributed by atoms with Gasteiger partial charge in [-0.15, -0.1) is 0 Å². The van der Waals surface area contributed by atoms with Crippen LogP contribution in [0, 0.1) is 5.82 Å². The number of hydrogen-bond acceptors (Lipinski definition) is 5. The largest absolute Gasteiger partial charge is 0.484 e. The monoisotopic (exact) mass is 401 g/mol. The molecule has 1 aliphatic heterocycles. The second-order valence-corrected chi connectivity index (χ2v) is 7.71. The zero-order chi connectivity index (χ0) is 20.0. The molecule has 1 heterocycles. The summed E-state index contributed by atoms with van der Waals surface area (Å²) in [6, 6.07) is 3.99. The van der Waals surface area contributed by atoms with E-state index < -0.39 is 17.5 Å². The number of alkyl carbamates (subject to hydrolysis) is 1. The van der Waals surface area contributed by atoms with E-state index in [9.17, 15) is 14.0 Å². The molecule has 27 heavy (non-hydrogen) atoms. The van der Waals surface area contributed by atoms with Crippen molar-refractivity contribution in [1.82, 2.24) is 15.8 Å². The quantitative estimate of drug-likeness (QED) is 0.793. The minimum atomic E-state index is -0.603. The minimum absolute atomic E-state index is 0.00120. The van der Waals surface area contributed by atoms with Crippen LogP contribution < -0.4 is 15.5 Å². The van der Waals surface area contributed by atoms with Crippen molar-refractivity contribution >= 4 is 23.6 Å². The summed E-state index contributed by atoms with van der Waals surface area (Å²) in [7, 11) is 0. The van der Waals surface area contributed by atoms with Gasteiger partial charge >= 0.3 is 6.09 Å². The molecule has 2 N–H and O–H groups in total. The van der Waals surface area contributed by atoms with Crippen LogP contribution in [0.2, 0.25) is 5.02 Å². The molecule has 0 unspecified atom stereocenters. The number of piperidine rings is 1. The van der Waals surface area contributed by atoms with E-state index in [0.29, 0.717) is 25.9 Å². The Hall–Kier alpha value is -2.06. The first-order valence-electron chi connectivity index (χ1n) is 8.74. The van der Waals surface area contributed by atoms with Gasteiger partial charge in [0.15, 0.2) is 6.61 Å². The lowest BCUT2D eigenvalue weighted by Gasteiger charge is -2.32. The average molecular weight is 402 g/mol. The molecular weight excluding hydrogens is 377 g/mol. The molecule has 9 heteroatoms. The summed E-state index contributed by atoms with van der Waals surface area (Å²) in [5.74, 6) is -0.717. The van der Waals surface area contributed by atoms with Crippen LogP contribution in [0.3, 0.4) is 0 Å². The summed E-state index contributed by atoms with van der Waals surface area (Å²) in [4.78, 5) is 23.7. The smallest absolute Gasteiger partial charge is 0.407 e. The van der Waals surface area contributed by atoms with Crippen LogP contribution in [-0.4, -0.2) is 48.3 Å². The highest BCUT2D eigenvalue weighted by atomic mass is 35.5. The van der Waals surface area contributed by atoms with Crippen molar-refractivity contribution in [3.63, 3.8) is 0 Å². The molecule has 1 aliphatic rings. The fraction of sp³-hybridized carbons (Fsp3) is 0.556. The van der Waals surface area contributed by atoms with E-state index in [1.54, 1.807) is 5.01 Å². The van der Waals surface area contributed by atoms with Crippen molar-refractivity contribution in [2.75, 3.05) is 19.7 Å². The predicted molar refractivity (Wildman–Crippen MR) is 99.0 cm³/mol. The van der Waals surface area contributed by atoms with Crippen molar-refractivity contribution in [2.45, 2.75) is 45.3 Å². The van der Waals surface area contributed by atoms with E-state index in [1.807, 2.05) is 20.8 Å². The summed E-state index contributed by atoms with van der Waals surface area (Å²) >= 11 is 5.60. The third kappa shape index (κ3) is 7.60. The van der Waals surface area contributed by atoms with E-state index in [-0.39, 0.29) is 29.3 Å². The molecule has 1 fully saturated rings. The maximum atomic E-state index is 13.3. The van der Waals surface area contributed by atoms with Crippen molar-refractivity contribution < 1.29 is 23.5 Å². The van der Waals surface area contributed by atoms with Crippen LogP contribution in [0.15, 0.2) is 18.2 Å². The summed E-state index contributed by atoms with van der Waals surface area (Å²) in [6.07, 6.45) is 0.930. The zero-order valence-corrected chi connectivity index (χ0v) is 16.4. The van der Waals surface area contributed by atoms with Crippen LogP contribution >= 0.6 is 11.6 Å². The van der Waals surface area contributed by atoms with Gasteiger partial charge < -0.3 is 14.8 Å². The molecule has 150 valence electrons. The van der Waals surface area contributed by atoms with Crippen LogP contribution in [0.4, 0.5) is 9.18 Å². The average Bonchev–Trinajstić information content (AvgIpc) is 2.56. The molecule has 2 amide bonds. The molecular formula is C18H25ClFN3O4. The Bertz CT molecular complexity index is 673. The molecule has 0 bridgehead atoms. The first-order valence-corrected chi connectivity index (χ1v) is 9.12. The molecule has 2 rings (SSSR count). The standard InChI is InChI=1S/C18H25ClFN3O4/c1-18(2,3)27-17(25)21-12-6-8-23(9-7-12)22-16(24)11-26-13-4-5-14(19)15(20)10-13/h4-5,10,12H,6-9,11H2,1-3H3,(H,21,25)(H,22,24). The van der Waals surface area contributed by atoms with Gasteiger partial charge in [-0.05, 0) is 45.7 Å². The van der Waals surface area contributed by atoms with Gasteiger partial charge in [0.1, 0.15) is 17.2 Å². The van der Waals surface area contributed by atoms with Gasteiger partial charge in [-0.25, -0.2) is 14.2 Å². The topological polar surface area (TPSA) is 79.9 Å². The van der Waals surface area contributed by atoms with Crippen molar-refractivity contribution in [3.8, 4) is 5.75 Å². The molecule has 0 atom stereocenters. The van der Waals surface area contributed by atoms with Crippen molar-refractivity contribution in [1.29, 1.82) is 0 Å². The fourth-order valence-electron chi connectivity index (χ4n) is 2.53. The molecule has 0 spiro atoms. The lowest BCUT2D eigenvalue weighted by Crippen LogP contribution is -2.52. The molecule has 1 saturated heterocycles. The third-order valence-electron chi connectivity index (χ3n) is 3.76. The highest BCUT2D eigenvalue weighted by Gasteiger charge is 2.24. The molecule has 1 aromatic carbocycles. The van der Waals surface area contributed by atoms with E-state index in [2.05, 4.69) is 10.7 Å². The normalized spacial score (nSPS) is 15.9. The molecule has 0 aliphatic carbocycles. The highest BCUT2D eigenvalue weighted by molar-refractivity contribution is 6.30. The first-order chi connectivity index (χ1) is 12.6. The Labute approximate surface area is 163 Å². The number of benzene rings is 1. The number of hydrogen-bond donors (Lipinski definition) is 2. The van der Waals surface area contributed by atoms with Crippen LogP contribution in [0.5, 0.6) is 5.75 Å². The second kappa shape index (κ2) is 9.23. The van der Waals surface area contributed by atoms with Gasteiger partial charge in [0.2, 0.25) is 0 Å². The van der Waals surface area contributed by atoms with Crippen LogP contribution in [-0.2, 0) is 9.53 Å². The maximum absolute atomic E-state index is 13.3. The SMILES string of the molecule is CC(C)(C)OC(=O)NC1CCN(NC(=O)COc2ccc(Cl)c(F)c2)CC1. The molecule has 1 aromatic rings. The van der Waals surface area contributed by atoms with Gasteiger partial charge in [-0.3, -0.25) is 10.2 Å².